The van der Waals surface area contributed by atoms with Crippen molar-refractivity contribution in [3.8, 4) is 0 Å². The first kappa shape index (κ1) is 34.4. The van der Waals surface area contributed by atoms with Gasteiger partial charge in [-0.1, -0.05) is 44.2 Å². The Balaban J connectivity index is 1.58. The van der Waals surface area contributed by atoms with Crippen molar-refractivity contribution in [2.24, 2.45) is 11.7 Å². The molecule has 1 aliphatic rings. The van der Waals surface area contributed by atoms with E-state index in [0.29, 0.717) is 0 Å². The zero-order valence-electron chi connectivity index (χ0n) is 25.2. The lowest BCUT2D eigenvalue weighted by molar-refractivity contribution is -0.128. The fourth-order valence-electron chi connectivity index (χ4n) is 4.99. The Hall–Kier alpha value is -4.44. The van der Waals surface area contributed by atoms with Crippen LogP contribution in [0.1, 0.15) is 65.5 Å². The summed E-state index contributed by atoms with van der Waals surface area (Å²) >= 11 is 0. The third-order valence-electron chi connectivity index (χ3n) is 7.64. The van der Waals surface area contributed by atoms with E-state index in [1.807, 2.05) is 0 Å². The number of hydrogen-bond donors (Lipinski definition) is 4. The number of rotatable bonds is 12. The summed E-state index contributed by atoms with van der Waals surface area (Å²) in [5, 5.41) is 5.33. The maximum atomic E-state index is 13.5. The molecule has 0 aromatic heterocycles. The van der Waals surface area contributed by atoms with Gasteiger partial charge in [-0.25, -0.2) is 16.8 Å². The van der Waals surface area contributed by atoms with E-state index in [1.54, 1.807) is 19.9 Å². The maximum absolute atomic E-state index is 13.5. The van der Waals surface area contributed by atoms with Crippen LogP contribution in [-0.4, -0.2) is 62.5 Å². The van der Waals surface area contributed by atoms with E-state index < -0.39 is 71.4 Å². The average molecular weight is 670 g/mol. The molecule has 2 unspecified atom stereocenters. The van der Waals surface area contributed by atoms with Crippen LogP contribution in [-0.2, 0) is 29.5 Å². The minimum Gasteiger partial charge on any atom is -0.744 e. The summed E-state index contributed by atoms with van der Waals surface area (Å²) in [4.78, 5) is 50.5. The smallest absolute Gasteiger partial charge is 0.237 e. The third-order valence-corrected chi connectivity index (χ3v) is 10.3. The maximum Gasteiger partial charge on any atom is 0.237 e. The molecule has 0 bridgehead atoms. The standard InChI is InChI=1S/C31H34N4O9S2/c1-16(2)27(32)31(39)34-17(3)23(36)12-7-13-45(40,41)19-9-6-8-18(14-19)35-22-15-24(46(42,43)44)28(33)26-25(22)29(37)20-10-4-5-11-21(20)30(26)38/h4-6,8-11,14-17,27,35H,7,12-13,32-33H2,1-3H3,(H,34,39)(H,42,43,44)/p-1. The van der Waals surface area contributed by atoms with Crippen molar-refractivity contribution in [1.82, 2.24) is 5.32 Å². The van der Waals surface area contributed by atoms with Crippen molar-refractivity contribution in [2.75, 3.05) is 16.8 Å². The van der Waals surface area contributed by atoms with E-state index in [-0.39, 0.29) is 57.5 Å². The SMILES string of the molecule is CC(NC(=O)C(N)C(C)C)C(=O)CCCS(=O)(=O)c1cccc(Nc2cc(S(=O)(=O)[O-])c(N)c3c2C(=O)c2ccccc2C3=O)c1. The topological polar surface area (TPSA) is 236 Å². The van der Waals surface area contributed by atoms with Crippen LogP contribution in [0.2, 0.25) is 0 Å². The fourth-order valence-corrected chi connectivity index (χ4v) is 6.97. The van der Waals surface area contributed by atoms with Crippen LogP contribution in [0.5, 0.6) is 0 Å². The highest BCUT2D eigenvalue weighted by molar-refractivity contribution is 7.91. The third kappa shape index (κ3) is 7.02. The summed E-state index contributed by atoms with van der Waals surface area (Å²) < 4.78 is 62.6. The number of Topliss-reactive ketones (excluding diaryl/α,β-unsaturated/α-hetero) is 1. The number of sulfone groups is 1. The minimum absolute atomic E-state index is 0.0134. The van der Waals surface area contributed by atoms with Gasteiger partial charge in [0.2, 0.25) is 5.91 Å². The number of nitrogen functional groups attached to an aromatic ring is 1. The van der Waals surface area contributed by atoms with Crippen LogP contribution in [0, 0.1) is 5.92 Å². The number of anilines is 3. The summed E-state index contributed by atoms with van der Waals surface area (Å²) in [6, 6.07) is 10.4. The lowest BCUT2D eigenvalue weighted by Crippen LogP contribution is -2.49. The largest absolute Gasteiger partial charge is 0.744 e. The molecule has 244 valence electrons. The summed E-state index contributed by atoms with van der Waals surface area (Å²) in [5.74, 6) is -2.80. The average Bonchev–Trinajstić information content (AvgIpc) is 2.99. The Morgan fingerprint density at radius 2 is 1.50 bits per heavy atom. The quantitative estimate of drug-likeness (QED) is 0.126. The molecular formula is C31H33N4O9S2-. The predicted molar refractivity (Wildman–Crippen MR) is 169 cm³/mol. The molecule has 13 nitrogen and oxygen atoms in total. The zero-order valence-corrected chi connectivity index (χ0v) is 26.8. The Labute approximate surface area is 266 Å². The van der Waals surface area contributed by atoms with Crippen LogP contribution >= 0.6 is 0 Å². The second-order valence-corrected chi connectivity index (χ2v) is 14.7. The number of carbonyl (C=O) groups is 4. The second-order valence-electron chi connectivity index (χ2n) is 11.3. The molecule has 46 heavy (non-hydrogen) atoms. The van der Waals surface area contributed by atoms with Gasteiger partial charge in [-0.05, 0) is 43.5 Å². The van der Waals surface area contributed by atoms with Gasteiger partial charge in [-0.15, -0.1) is 0 Å². The lowest BCUT2D eigenvalue weighted by atomic mass is 9.82. The first-order valence-corrected chi connectivity index (χ1v) is 17.3. The molecular weight excluding hydrogens is 636 g/mol. The normalized spacial score (nSPS) is 14.3. The molecule has 6 N–H and O–H groups in total. The molecule has 3 aromatic rings. The van der Waals surface area contributed by atoms with Crippen molar-refractivity contribution in [2.45, 2.75) is 55.5 Å². The number of benzene rings is 3. The van der Waals surface area contributed by atoms with Crippen molar-refractivity contribution >= 4 is 60.3 Å². The Morgan fingerprint density at radius 1 is 0.891 bits per heavy atom. The van der Waals surface area contributed by atoms with Gasteiger partial charge in [-0.2, -0.15) is 0 Å². The summed E-state index contributed by atoms with van der Waals surface area (Å²) in [6.45, 7) is 5.03. The molecule has 0 aliphatic heterocycles. The van der Waals surface area contributed by atoms with E-state index >= 15 is 0 Å². The highest BCUT2D eigenvalue weighted by Crippen LogP contribution is 2.40. The first-order valence-electron chi connectivity index (χ1n) is 14.2. The lowest BCUT2D eigenvalue weighted by Gasteiger charge is -2.25. The van der Waals surface area contributed by atoms with E-state index in [9.17, 15) is 40.6 Å². The zero-order chi connectivity index (χ0) is 34.1. The molecule has 1 amide bonds. The molecule has 0 radical (unpaired) electrons. The summed E-state index contributed by atoms with van der Waals surface area (Å²) in [7, 11) is -9.15. The molecule has 0 saturated carbocycles. The number of fused-ring (bicyclic) bond motifs is 2. The van der Waals surface area contributed by atoms with E-state index in [0.717, 1.165) is 6.07 Å². The molecule has 2 atom stereocenters. The molecule has 4 rings (SSSR count). The Bertz CT molecular complexity index is 1970. The van der Waals surface area contributed by atoms with Gasteiger partial charge in [0.15, 0.2) is 27.2 Å². The van der Waals surface area contributed by atoms with Crippen molar-refractivity contribution in [1.29, 1.82) is 0 Å². The predicted octanol–water partition coefficient (Wildman–Crippen LogP) is 2.30. The molecule has 1 aliphatic carbocycles. The van der Waals surface area contributed by atoms with Crippen molar-refractivity contribution < 1.29 is 40.6 Å². The van der Waals surface area contributed by atoms with Crippen molar-refractivity contribution in [3.05, 3.63) is 76.9 Å². The number of amides is 1. The van der Waals surface area contributed by atoms with E-state index in [2.05, 4.69) is 10.6 Å². The first-order chi connectivity index (χ1) is 21.4. The highest BCUT2D eigenvalue weighted by Gasteiger charge is 2.35. The van der Waals surface area contributed by atoms with Crippen molar-refractivity contribution in [3.63, 3.8) is 0 Å². The Kier molecular flexibility index (Phi) is 9.82. The van der Waals surface area contributed by atoms with Gasteiger partial charge in [-0.3, -0.25) is 19.2 Å². The summed E-state index contributed by atoms with van der Waals surface area (Å²) in [6.07, 6.45) is -0.168. The number of carbonyl (C=O) groups excluding carboxylic acids is 4. The van der Waals surface area contributed by atoms with Gasteiger partial charge in [0.1, 0.15) is 10.1 Å². The number of ketones is 3. The van der Waals surface area contributed by atoms with Gasteiger partial charge in [0.05, 0.1) is 50.1 Å². The molecule has 3 aromatic carbocycles. The molecule has 0 fully saturated rings. The molecule has 0 spiro atoms. The monoisotopic (exact) mass is 669 g/mol. The summed E-state index contributed by atoms with van der Waals surface area (Å²) in [5.41, 5.74) is 10.3. The Morgan fingerprint density at radius 3 is 2.09 bits per heavy atom. The number of hydrogen-bond acceptors (Lipinski definition) is 12. The van der Waals surface area contributed by atoms with Gasteiger partial charge >= 0.3 is 0 Å². The number of nitrogens with two attached hydrogens (primary N) is 2. The van der Waals surface area contributed by atoms with Crippen LogP contribution < -0.4 is 22.1 Å². The van der Waals surface area contributed by atoms with Gasteiger partial charge in [0.25, 0.3) is 0 Å². The van der Waals surface area contributed by atoms with Crippen LogP contribution in [0.15, 0.2) is 64.4 Å². The minimum atomic E-state index is -5.20. The second kappa shape index (κ2) is 13.1. The van der Waals surface area contributed by atoms with E-state index in [4.69, 9.17) is 11.5 Å². The van der Waals surface area contributed by atoms with Gasteiger partial charge in [0, 0.05) is 23.2 Å². The van der Waals surface area contributed by atoms with Crippen LogP contribution in [0.4, 0.5) is 17.1 Å². The molecule has 15 heteroatoms. The van der Waals surface area contributed by atoms with Crippen LogP contribution in [0.3, 0.4) is 0 Å². The fraction of sp³-hybridized carbons (Fsp3) is 0.290. The highest BCUT2D eigenvalue weighted by atomic mass is 32.2. The molecule has 0 heterocycles. The number of nitrogens with one attached hydrogen (secondary N) is 2. The van der Waals surface area contributed by atoms with E-state index in [1.165, 1.54) is 49.4 Å². The molecule has 0 saturated heterocycles. The van der Waals surface area contributed by atoms with Crippen LogP contribution in [0.25, 0.3) is 0 Å². The van der Waals surface area contributed by atoms with Gasteiger partial charge < -0.3 is 26.7 Å².